The second-order valence-corrected chi connectivity index (χ2v) is 11.4. The average molecular weight is 435 g/mol. The number of aliphatic hydroxyl groups is 1. The first kappa shape index (κ1) is 22.0. The summed E-state index contributed by atoms with van der Waals surface area (Å²) in [4.78, 5) is 2.45. The van der Waals surface area contributed by atoms with Gasteiger partial charge in [-0.25, -0.2) is 8.42 Å². The standard InChI is InChI=1S/C23H34N2O4S/c1-23(2)19-9-8-18(22(23)14-19)16-29-17-20(26)15-24-10-12-25(13-11-24)30(27,28)21-6-4-3-5-7-21/h3-8,19-20,22,26H,9-17H2,1-2H3/t19-,20-,22+/m1/s1. The Kier molecular flexibility index (Phi) is 6.38. The van der Waals surface area contributed by atoms with Crippen LogP contribution in [0.3, 0.4) is 0 Å². The monoisotopic (exact) mass is 434 g/mol. The first-order chi connectivity index (χ1) is 14.3. The Hall–Kier alpha value is -1.25. The van der Waals surface area contributed by atoms with Crippen molar-refractivity contribution in [3.05, 3.63) is 42.0 Å². The number of ether oxygens (including phenoxy) is 1. The SMILES string of the molecule is CC1(C)[C@@H]2CC=C(COC[C@H](O)CN3CCN(S(=O)(=O)c4ccccc4)CC3)[C@@H]1C2. The fourth-order valence-corrected chi connectivity index (χ4v) is 6.64. The second-order valence-electron chi connectivity index (χ2n) is 9.51. The van der Waals surface area contributed by atoms with Crippen LogP contribution in [0.2, 0.25) is 0 Å². The van der Waals surface area contributed by atoms with Gasteiger partial charge in [0.25, 0.3) is 0 Å². The van der Waals surface area contributed by atoms with Gasteiger partial charge < -0.3 is 9.84 Å². The number of hydrogen-bond donors (Lipinski definition) is 1. The van der Waals surface area contributed by atoms with Crippen LogP contribution in [0.25, 0.3) is 0 Å². The number of hydrogen-bond acceptors (Lipinski definition) is 5. The minimum absolute atomic E-state index is 0.316. The Morgan fingerprint density at radius 2 is 1.87 bits per heavy atom. The fourth-order valence-electron chi connectivity index (χ4n) is 5.20. The van der Waals surface area contributed by atoms with E-state index in [0.717, 1.165) is 12.3 Å². The molecule has 7 heteroatoms. The normalized spacial score (nSPS) is 27.9. The lowest BCUT2D eigenvalue weighted by atomic mass is 9.49. The van der Waals surface area contributed by atoms with Crippen molar-refractivity contribution >= 4 is 10.0 Å². The van der Waals surface area contributed by atoms with E-state index < -0.39 is 16.1 Å². The van der Waals surface area contributed by atoms with E-state index in [4.69, 9.17) is 4.74 Å². The highest BCUT2D eigenvalue weighted by Crippen LogP contribution is 2.59. The lowest BCUT2D eigenvalue weighted by Gasteiger charge is -2.56. The number of β-amino-alcohol motifs (C(OH)–C–C–N with tert-alkyl or cyclic N) is 1. The summed E-state index contributed by atoms with van der Waals surface area (Å²) in [6.07, 6.45) is 4.21. The van der Waals surface area contributed by atoms with Crippen LogP contribution in [0.15, 0.2) is 46.9 Å². The molecule has 166 valence electrons. The van der Waals surface area contributed by atoms with E-state index in [0.29, 0.717) is 62.2 Å². The van der Waals surface area contributed by atoms with Crippen molar-refractivity contribution in [2.24, 2.45) is 17.3 Å². The molecule has 2 bridgehead atoms. The summed E-state index contributed by atoms with van der Waals surface area (Å²) in [5.74, 6) is 1.45. The van der Waals surface area contributed by atoms with Crippen LogP contribution in [0.4, 0.5) is 0 Å². The Labute approximate surface area is 180 Å². The number of sulfonamides is 1. The molecule has 0 amide bonds. The average Bonchev–Trinajstić information content (AvgIpc) is 2.74. The molecule has 1 saturated carbocycles. The molecule has 5 rings (SSSR count). The summed E-state index contributed by atoms with van der Waals surface area (Å²) in [6, 6.07) is 8.57. The third-order valence-corrected chi connectivity index (χ3v) is 9.26. The molecule has 0 radical (unpaired) electrons. The van der Waals surface area contributed by atoms with Crippen molar-refractivity contribution in [3.63, 3.8) is 0 Å². The predicted molar refractivity (Wildman–Crippen MR) is 117 cm³/mol. The molecule has 1 saturated heterocycles. The van der Waals surface area contributed by atoms with Gasteiger partial charge in [0.1, 0.15) is 0 Å². The summed E-state index contributed by atoms with van der Waals surface area (Å²) in [7, 11) is -3.44. The number of nitrogens with zero attached hydrogens (tertiary/aromatic N) is 2. The molecule has 0 spiro atoms. The van der Waals surface area contributed by atoms with Gasteiger partial charge in [0.15, 0.2) is 0 Å². The molecule has 0 unspecified atom stereocenters. The quantitative estimate of drug-likeness (QED) is 0.636. The number of piperazine rings is 1. The van der Waals surface area contributed by atoms with Crippen molar-refractivity contribution in [1.82, 2.24) is 9.21 Å². The van der Waals surface area contributed by atoms with Crippen LogP contribution < -0.4 is 0 Å². The van der Waals surface area contributed by atoms with Crippen molar-refractivity contribution in [3.8, 4) is 0 Å². The van der Waals surface area contributed by atoms with Crippen LogP contribution in [0, 0.1) is 17.3 Å². The fraction of sp³-hybridized carbons (Fsp3) is 0.652. The zero-order valence-corrected chi connectivity index (χ0v) is 18.9. The van der Waals surface area contributed by atoms with Gasteiger partial charge in [0, 0.05) is 32.7 Å². The highest BCUT2D eigenvalue weighted by molar-refractivity contribution is 7.89. The van der Waals surface area contributed by atoms with E-state index in [1.165, 1.54) is 16.3 Å². The zero-order valence-electron chi connectivity index (χ0n) is 18.0. The number of aliphatic hydroxyl groups excluding tert-OH is 1. The third kappa shape index (κ3) is 4.36. The Balaban J connectivity index is 1.19. The number of fused-ring (bicyclic) bond motifs is 1. The van der Waals surface area contributed by atoms with Gasteiger partial charge in [-0.05, 0) is 47.8 Å². The summed E-state index contributed by atoms with van der Waals surface area (Å²) >= 11 is 0. The minimum atomic E-state index is -3.44. The largest absolute Gasteiger partial charge is 0.389 e. The highest BCUT2D eigenvalue weighted by atomic mass is 32.2. The molecule has 4 aliphatic rings. The number of allylic oxidation sites excluding steroid dienone is 1. The minimum Gasteiger partial charge on any atom is -0.389 e. The predicted octanol–water partition coefficient (Wildman–Crippen LogP) is 2.36. The van der Waals surface area contributed by atoms with E-state index in [1.54, 1.807) is 24.3 Å². The molecule has 2 fully saturated rings. The van der Waals surface area contributed by atoms with Gasteiger partial charge in [-0.3, -0.25) is 4.90 Å². The summed E-state index contributed by atoms with van der Waals surface area (Å²) in [6.45, 7) is 8.26. The lowest BCUT2D eigenvalue weighted by molar-refractivity contribution is -0.0268. The van der Waals surface area contributed by atoms with Crippen LogP contribution in [0.1, 0.15) is 26.7 Å². The zero-order chi connectivity index (χ0) is 21.4. The van der Waals surface area contributed by atoms with Gasteiger partial charge in [-0.15, -0.1) is 0 Å². The molecule has 1 aromatic carbocycles. The maximum atomic E-state index is 12.7. The smallest absolute Gasteiger partial charge is 0.243 e. The van der Waals surface area contributed by atoms with Crippen molar-refractivity contribution in [1.29, 1.82) is 0 Å². The Morgan fingerprint density at radius 1 is 1.17 bits per heavy atom. The van der Waals surface area contributed by atoms with Crippen LogP contribution >= 0.6 is 0 Å². The molecule has 1 N–H and O–H groups in total. The third-order valence-electron chi connectivity index (χ3n) is 7.34. The first-order valence-corrected chi connectivity index (χ1v) is 12.4. The molecule has 3 aliphatic carbocycles. The number of rotatable bonds is 8. The van der Waals surface area contributed by atoms with E-state index in [9.17, 15) is 13.5 Å². The number of benzene rings is 1. The van der Waals surface area contributed by atoms with Gasteiger partial charge >= 0.3 is 0 Å². The summed E-state index contributed by atoms with van der Waals surface area (Å²) < 4.78 is 32.8. The Morgan fingerprint density at radius 3 is 2.50 bits per heavy atom. The van der Waals surface area contributed by atoms with Crippen LogP contribution in [0.5, 0.6) is 0 Å². The van der Waals surface area contributed by atoms with E-state index in [1.807, 2.05) is 6.07 Å². The second kappa shape index (κ2) is 8.71. The highest BCUT2D eigenvalue weighted by Gasteiger charge is 2.50. The molecule has 1 aromatic rings. The first-order valence-electron chi connectivity index (χ1n) is 11.0. The van der Waals surface area contributed by atoms with E-state index >= 15 is 0 Å². The van der Waals surface area contributed by atoms with Gasteiger partial charge in [0.05, 0.1) is 24.2 Å². The van der Waals surface area contributed by atoms with Crippen molar-refractivity contribution in [2.75, 3.05) is 45.9 Å². The molecule has 30 heavy (non-hydrogen) atoms. The van der Waals surface area contributed by atoms with Gasteiger partial charge in [-0.2, -0.15) is 4.31 Å². The van der Waals surface area contributed by atoms with Gasteiger partial charge in [0.2, 0.25) is 10.0 Å². The Bertz CT molecular complexity index is 860. The molecule has 1 heterocycles. The molecule has 3 atom stereocenters. The maximum absolute atomic E-state index is 12.7. The molecular formula is C23H34N2O4S. The molecular weight excluding hydrogens is 400 g/mol. The molecule has 1 aliphatic heterocycles. The van der Waals surface area contributed by atoms with E-state index in [-0.39, 0.29) is 0 Å². The van der Waals surface area contributed by atoms with Gasteiger partial charge in [-0.1, -0.05) is 38.1 Å². The molecule has 6 nitrogen and oxygen atoms in total. The topological polar surface area (TPSA) is 70.1 Å². The summed E-state index contributed by atoms with van der Waals surface area (Å²) in [5, 5.41) is 10.4. The summed E-state index contributed by atoms with van der Waals surface area (Å²) in [5.41, 5.74) is 1.79. The van der Waals surface area contributed by atoms with E-state index in [2.05, 4.69) is 24.8 Å². The van der Waals surface area contributed by atoms with Crippen LogP contribution in [-0.2, 0) is 14.8 Å². The van der Waals surface area contributed by atoms with Crippen molar-refractivity contribution in [2.45, 2.75) is 37.7 Å². The molecule has 0 aromatic heterocycles. The van der Waals surface area contributed by atoms with Crippen LogP contribution in [-0.4, -0.2) is 74.8 Å². The van der Waals surface area contributed by atoms with Crippen molar-refractivity contribution < 1.29 is 18.3 Å². The lowest BCUT2D eigenvalue weighted by Crippen LogP contribution is -2.50. The maximum Gasteiger partial charge on any atom is 0.243 e.